The molecule has 0 unspecified atom stereocenters. The average Bonchev–Trinajstić information content (AvgIpc) is 2.66. The van der Waals surface area contributed by atoms with Crippen LogP contribution in [-0.4, -0.2) is 24.9 Å². The molecule has 6 nitrogen and oxygen atoms in total. The number of methoxy groups -OCH3 is 1. The Labute approximate surface area is 152 Å². The highest BCUT2D eigenvalue weighted by molar-refractivity contribution is 5.96. The molecule has 0 spiro atoms. The predicted octanol–water partition coefficient (Wildman–Crippen LogP) is 3.00. The summed E-state index contributed by atoms with van der Waals surface area (Å²) >= 11 is 0. The monoisotopic (exact) mass is 354 g/mol. The highest BCUT2D eigenvalue weighted by Crippen LogP contribution is 2.11. The van der Waals surface area contributed by atoms with Gasteiger partial charge in [-0.25, -0.2) is 4.79 Å². The zero-order valence-corrected chi connectivity index (χ0v) is 15.0. The summed E-state index contributed by atoms with van der Waals surface area (Å²) in [6.45, 7) is 4.02. The Morgan fingerprint density at radius 3 is 2.04 bits per heavy atom. The van der Waals surface area contributed by atoms with Gasteiger partial charge in [0.2, 0.25) is 5.91 Å². The summed E-state index contributed by atoms with van der Waals surface area (Å²) in [4.78, 5) is 35.2. The van der Waals surface area contributed by atoms with Gasteiger partial charge in [0.15, 0.2) is 0 Å². The number of hydrogen-bond donors (Lipinski definition) is 2. The quantitative estimate of drug-likeness (QED) is 0.781. The van der Waals surface area contributed by atoms with Gasteiger partial charge in [0, 0.05) is 23.7 Å². The third-order valence-electron chi connectivity index (χ3n) is 3.77. The number of rotatable bonds is 6. The van der Waals surface area contributed by atoms with Gasteiger partial charge in [-0.15, -0.1) is 0 Å². The molecule has 0 radical (unpaired) electrons. The van der Waals surface area contributed by atoms with Crippen LogP contribution in [-0.2, 0) is 16.1 Å². The van der Waals surface area contributed by atoms with Gasteiger partial charge in [-0.3, -0.25) is 9.59 Å². The Morgan fingerprint density at radius 1 is 0.923 bits per heavy atom. The molecule has 2 aromatic rings. The molecule has 0 aromatic heterocycles. The van der Waals surface area contributed by atoms with Gasteiger partial charge in [-0.1, -0.05) is 26.0 Å². The van der Waals surface area contributed by atoms with Gasteiger partial charge < -0.3 is 15.4 Å². The molecule has 0 heterocycles. The maximum atomic E-state index is 12.2. The molecule has 0 bridgehead atoms. The molecule has 2 rings (SSSR count). The van der Waals surface area contributed by atoms with Crippen LogP contribution in [0.1, 0.15) is 40.1 Å². The SMILES string of the molecule is COC(=O)c1ccc(C(=O)NCc2ccc(NC(=O)C(C)C)cc2)cc1. The third kappa shape index (κ3) is 5.17. The second kappa shape index (κ2) is 8.80. The molecule has 2 amide bonds. The van der Waals surface area contributed by atoms with E-state index in [2.05, 4.69) is 15.4 Å². The van der Waals surface area contributed by atoms with Crippen molar-refractivity contribution in [3.8, 4) is 0 Å². The van der Waals surface area contributed by atoms with Crippen molar-refractivity contribution in [2.24, 2.45) is 5.92 Å². The van der Waals surface area contributed by atoms with Crippen LogP contribution in [0.15, 0.2) is 48.5 Å². The number of anilines is 1. The van der Waals surface area contributed by atoms with Crippen LogP contribution in [0.4, 0.5) is 5.69 Å². The molecular formula is C20H22N2O4. The van der Waals surface area contributed by atoms with Crippen molar-refractivity contribution in [1.82, 2.24) is 5.32 Å². The van der Waals surface area contributed by atoms with E-state index in [1.54, 1.807) is 36.4 Å². The van der Waals surface area contributed by atoms with Crippen molar-refractivity contribution < 1.29 is 19.1 Å². The smallest absolute Gasteiger partial charge is 0.337 e. The van der Waals surface area contributed by atoms with Gasteiger partial charge >= 0.3 is 5.97 Å². The number of esters is 1. The summed E-state index contributed by atoms with van der Waals surface area (Å²) < 4.78 is 4.62. The third-order valence-corrected chi connectivity index (χ3v) is 3.77. The maximum Gasteiger partial charge on any atom is 0.337 e. The summed E-state index contributed by atoms with van der Waals surface area (Å²) in [5.74, 6) is -0.804. The van der Waals surface area contributed by atoms with Crippen molar-refractivity contribution in [3.05, 3.63) is 65.2 Å². The number of nitrogens with one attached hydrogen (secondary N) is 2. The fraction of sp³-hybridized carbons (Fsp3) is 0.250. The standard InChI is InChI=1S/C20H22N2O4/c1-13(2)18(23)22-17-10-4-14(5-11-17)12-21-19(24)15-6-8-16(9-7-15)20(25)26-3/h4-11,13H,12H2,1-3H3,(H,21,24)(H,22,23). The first kappa shape index (κ1) is 19.2. The maximum absolute atomic E-state index is 12.2. The summed E-state index contributed by atoms with van der Waals surface area (Å²) in [5, 5.41) is 5.63. The molecule has 26 heavy (non-hydrogen) atoms. The second-order valence-electron chi connectivity index (χ2n) is 6.09. The van der Waals surface area contributed by atoms with E-state index >= 15 is 0 Å². The van der Waals surface area contributed by atoms with E-state index in [0.717, 1.165) is 11.3 Å². The summed E-state index contributed by atoms with van der Waals surface area (Å²) in [6, 6.07) is 13.5. The minimum atomic E-state index is -0.443. The fourth-order valence-electron chi connectivity index (χ4n) is 2.15. The highest BCUT2D eigenvalue weighted by Gasteiger charge is 2.09. The summed E-state index contributed by atoms with van der Waals surface area (Å²) in [5.41, 5.74) is 2.48. The predicted molar refractivity (Wildman–Crippen MR) is 98.9 cm³/mol. The average molecular weight is 354 g/mol. The van der Waals surface area contributed by atoms with Crippen molar-refractivity contribution in [1.29, 1.82) is 0 Å². The lowest BCUT2D eigenvalue weighted by atomic mass is 10.1. The molecular weight excluding hydrogens is 332 g/mol. The van der Waals surface area contributed by atoms with Crippen LogP contribution < -0.4 is 10.6 Å². The molecule has 2 N–H and O–H groups in total. The lowest BCUT2D eigenvalue weighted by molar-refractivity contribution is -0.118. The van der Waals surface area contributed by atoms with Crippen molar-refractivity contribution >= 4 is 23.5 Å². The first-order valence-corrected chi connectivity index (χ1v) is 8.27. The fourth-order valence-corrected chi connectivity index (χ4v) is 2.15. The second-order valence-corrected chi connectivity index (χ2v) is 6.09. The zero-order valence-electron chi connectivity index (χ0n) is 15.0. The van der Waals surface area contributed by atoms with Crippen molar-refractivity contribution in [2.45, 2.75) is 20.4 Å². The normalized spacial score (nSPS) is 10.3. The largest absolute Gasteiger partial charge is 0.465 e. The first-order valence-electron chi connectivity index (χ1n) is 8.27. The number of hydrogen-bond acceptors (Lipinski definition) is 4. The number of carbonyl (C=O) groups excluding carboxylic acids is 3. The van der Waals surface area contributed by atoms with Gasteiger partial charge in [0.25, 0.3) is 5.91 Å². The highest BCUT2D eigenvalue weighted by atomic mass is 16.5. The number of amides is 2. The van der Waals surface area contributed by atoms with E-state index in [1.807, 2.05) is 26.0 Å². The van der Waals surface area contributed by atoms with E-state index < -0.39 is 5.97 Å². The van der Waals surface area contributed by atoms with Crippen LogP contribution in [0.25, 0.3) is 0 Å². The van der Waals surface area contributed by atoms with E-state index in [-0.39, 0.29) is 17.7 Å². The summed E-state index contributed by atoms with van der Waals surface area (Å²) in [6.07, 6.45) is 0. The Bertz CT molecular complexity index is 780. The molecule has 0 aliphatic heterocycles. The van der Waals surface area contributed by atoms with Gasteiger partial charge in [-0.2, -0.15) is 0 Å². The summed E-state index contributed by atoms with van der Waals surface area (Å²) in [7, 11) is 1.31. The Morgan fingerprint density at radius 2 is 1.50 bits per heavy atom. The molecule has 136 valence electrons. The minimum absolute atomic E-state index is 0.0403. The molecule has 0 aliphatic rings. The number of benzene rings is 2. The van der Waals surface area contributed by atoms with Crippen LogP contribution >= 0.6 is 0 Å². The van der Waals surface area contributed by atoms with Crippen LogP contribution in [0.2, 0.25) is 0 Å². The van der Waals surface area contributed by atoms with E-state index in [4.69, 9.17) is 0 Å². The van der Waals surface area contributed by atoms with Gasteiger partial charge in [0.1, 0.15) is 0 Å². The molecule has 0 aliphatic carbocycles. The van der Waals surface area contributed by atoms with Crippen molar-refractivity contribution in [3.63, 3.8) is 0 Å². The van der Waals surface area contributed by atoms with Crippen LogP contribution in [0, 0.1) is 5.92 Å². The minimum Gasteiger partial charge on any atom is -0.465 e. The molecule has 0 fully saturated rings. The Kier molecular flexibility index (Phi) is 6.49. The van der Waals surface area contributed by atoms with Gasteiger partial charge in [0.05, 0.1) is 12.7 Å². The number of ether oxygens (including phenoxy) is 1. The lowest BCUT2D eigenvalue weighted by Gasteiger charge is -2.09. The van der Waals surface area contributed by atoms with Crippen LogP contribution in [0.5, 0.6) is 0 Å². The zero-order chi connectivity index (χ0) is 19.1. The lowest BCUT2D eigenvalue weighted by Crippen LogP contribution is -2.23. The molecule has 0 atom stereocenters. The Balaban J connectivity index is 1.90. The van der Waals surface area contributed by atoms with Crippen LogP contribution in [0.3, 0.4) is 0 Å². The van der Waals surface area contributed by atoms with Gasteiger partial charge in [-0.05, 0) is 42.0 Å². The van der Waals surface area contributed by atoms with E-state index in [0.29, 0.717) is 17.7 Å². The Hall–Kier alpha value is -3.15. The number of carbonyl (C=O) groups is 3. The molecule has 0 saturated heterocycles. The molecule has 0 saturated carbocycles. The molecule has 6 heteroatoms. The topological polar surface area (TPSA) is 84.5 Å². The van der Waals surface area contributed by atoms with E-state index in [1.165, 1.54) is 7.11 Å². The molecule has 2 aromatic carbocycles. The van der Waals surface area contributed by atoms with E-state index in [9.17, 15) is 14.4 Å². The van der Waals surface area contributed by atoms with Crippen molar-refractivity contribution in [2.75, 3.05) is 12.4 Å². The first-order chi connectivity index (χ1) is 12.4.